The molecule has 21 heavy (non-hydrogen) atoms. The van der Waals surface area contributed by atoms with Crippen molar-refractivity contribution < 1.29 is 19.3 Å². The highest BCUT2D eigenvalue weighted by Gasteiger charge is 2.34. The van der Waals surface area contributed by atoms with Gasteiger partial charge >= 0.3 is 0 Å². The summed E-state index contributed by atoms with van der Waals surface area (Å²) < 4.78 is 17.2. The normalized spacial score (nSPS) is 17.6. The molecule has 0 aromatic heterocycles. The van der Waals surface area contributed by atoms with Crippen LogP contribution in [-0.4, -0.2) is 37.3 Å². The van der Waals surface area contributed by atoms with E-state index in [1.165, 1.54) is 5.56 Å². The van der Waals surface area contributed by atoms with Crippen LogP contribution in [0.5, 0.6) is 0 Å². The Morgan fingerprint density at radius 3 is 2.62 bits per heavy atom. The first-order valence-electron chi connectivity index (χ1n) is 7.50. The smallest absolute Gasteiger partial charge is 0.171 e. The summed E-state index contributed by atoms with van der Waals surface area (Å²) in [5.74, 6) is -0.526. The van der Waals surface area contributed by atoms with Crippen molar-refractivity contribution in [2.75, 3.05) is 26.4 Å². The van der Waals surface area contributed by atoms with Gasteiger partial charge in [-0.2, -0.15) is 0 Å². The zero-order chi connectivity index (χ0) is 14.8. The fourth-order valence-electron chi connectivity index (χ4n) is 2.41. The summed E-state index contributed by atoms with van der Waals surface area (Å²) in [6.45, 7) is 2.65. The Kier molecular flexibility index (Phi) is 6.89. The number of rotatable bonds is 9. The van der Waals surface area contributed by atoms with Crippen LogP contribution < -0.4 is 0 Å². The van der Waals surface area contributed by atoms with E-state index in [4.69, 9.17) is 19.3 Å². The van der Waals surface area contributed by atoms with E-state index in [-0.39, 0.29) is 6.61 Å². The molecule has 0 atom stereocenters. The first-order valence-corrected chi connectivity index (χ1v) is 7.50. The molecule has 1 saturated heterocycles. The molecule has 1 aromatic rings. The van der Waals surface area contributed by atoms with Gasteiger partial charge in [0.2, 0.25) is 0 Å². The largest absolute Gasteiger partial charge is 0.392 e. The predicted octanol–water partition coefficient (Wildman–Crippen LogP) is 2.67. The van der Waals surface area contributed by atoms with E-state index in [2.05, 4.69) is 12.1 Å². The van der Waals surface area contributed by atoms with E-state index in [0.29, 0.717) is 32.8 Å². The fraction of sp³-hybridized carbons (Fsp3) is 0.529. The monoisotopic (exact) mass is 292 g/mol. The molecule has 0 spiro atoms. The summed E-state index contributed by atoms with van der Waals surface area (Å²) in [7, 11) is 0. The van der Waals surface area contributed by atoms with Crippen LogP contribution in [0.4, 0.5) is 0 Å². The molecule has 4 nitrogen and oxygen atoms in total. The molecule has 1 heterocycles. The van der Waals surface area contributed by atoms with Crippen molar-refractivity contribution in [2.45, 2.75) is 31.7 Å². The van der Waals surface area contributed by atoms with E-state index in [0.717, 1.165) is 12.8 Å². The molecule has 0 bridgehead atoms. The van der Waals surface area contributed by atoms with Crippen LogP contribution >= 0.6 is 0 Å². The topological polar surface area (TPSA) is 47.9 Å². The van der Waals surface area contributed by atoms with E-state index < -0.39 is 5.79 Å². The molecule has 116 valence electrons. The summed E-state index contributed by atoms with van der Waals surface area (Å²) in [5.41, 5.74) is 1.19. The van der Waals surface area contributed by atoms with E-state index >= 15 is 0 Å². The Morgan fingerprint density at radius 1 is 1.14 bits per heavy atom. The lowest BCUT2D eigenvalue weighted by Gasteiger charge is -2.26. The zero-order valence-corrected chi connectivity index (χ0v) is 12.4. The van der Waals surface area contributed by atoms with Gasteiger partial charge in [-0.25, -0.2) is 0 Å². The van der Waals surface area contributed by atoms with Crippen LogP contribution in [0.3, 0.4) is 0 Å². The van der Waals surface area contributed by atoms with E-state index in [9.17, 15) is 0 Å². The molecule has 0 radical (unpaired) electrons. The van der Waals surface area contributed by atoms with Gasteiger partial charge in [0.1, 0.15) is 0 Å². The molecule has 1 aliphatic heterocycles. The molecule has 1 fully saturated rings. The van der Waals surface area contributed by atoms with E-state index in [1.807, 2.05) is 24.3 Å². The summed E-state index contributed by atoms with van der Waals surface area (Å²) in [6.07, 6.45) is 6.00. The minimum absolute atomic E-state index is 0.0519. The van der Waals surface area contributed by atoms with Crippen LogP contribution in [0, 0.1) is 0 Å². The van der Waals surface area contributed by atoms with Gasteiger partial charge in [-0.15, -0.1) is 0 Å². The van der Waals surface area contributed by atoms with Crippen molar-refractivity contribution in [1.82, 2.24) is 0 Å². The highest BCUT2D eigenvalue weighted by molar-refractivity contribution is 5.13. The third-order valence-corrected chi connectivity index (χ3v) is 3.47. The third kappa shape index (κ3) is 5.59. The maximum atomic E-state index is 8.79. The number of aliphatic hydroxyl groups is 1. The molecule has 1 aromatic carbocycles. The molecular formula is C17H24O4. The Hall–Kier alpha value is -1.20. The fourth-order valence-corrected chi connectivity index (χ4v) is 2.41. The SMILES string of the molecule is OC/C=C/CC1(CCCOCc2ccccc2)OCCO1. The first kappa shape index (κ1) is 16.2. The lowest BCUT2D eigenvalue weighted by Crippen LogP contribution is -2.29. The van der Waals surface area contributed by atoms with Gasteiger partial charge in [0.15, 0.2) is 5.79 Å². The lowest BCUT2D eigenvalue weighted by molar-refractivity contribution is -0.161. The Balaban J connectivity index is 1.66. The second-order valence-corrected chi connectivity index (χ2v) is 5.11. The molecule has 0 saturated carbocycles. The Morgan fingerprint density at radius 2 is 1.90 bits per heavy atom. The highest BCUT2D eigenvalue weighted by Crippen LogP contribution is 2.29. The van der Waals surface area contributed by atoms with Crippen molar-refractivity contribution in [3.05, 3.63) is 48.0 Å². The predicted molar refractivity (Wildman–Crippen MR) is 80.8 cm³/mol. The molecule has 0 unspecified atom stereocenters. The summed E-state index contributed by atoms with van der Waals surface area (Å²) in [5, 5.41) is 8.79. The van der Waals surface area contributed by atoms with Crippen LogP contribution in [-0.2, 0) is 20.8 Å². The van der Waals surface area contributed by atoms with Crippen LogP contribution in [0.25, 0.3) is 0 Å². The van der Waals surface area contributed by atoms with Crippen LogP contribution in [0.2, 0.25) is 0 Å². The molecule has 1 aliphatic rings. The summed E-state index contributed by atoms with van der Waals surface area (Å²) in [4.78, 5) is 0. The molecule has 0 amide bonds. The van der Waals surface area contributed by atoms with Gasteiger partial charge in [0.05, 0.1) is 26.4 Å². The number of benzene rings is 1. The standard InChI is InChI=1S/C17H24O4/c18-11-5-4-9-17(20-13-14-21-17)10-6-12-19-15-16-7-2-1-3-8-16/h1-5,7-8,18H,6,9-15H2/b5-4+. The van der Waals surface area contributed by atoms with E-state index in [1.54, 1.807) is 6.08 Å². The van der Waals surface area contributed by atoms with Crippen molar-refractivity contribution in [3.8, 4) is 0 Å². The Bertz CT molecular complexity index is 410. The number of aliphatic hydroxyl groups excluding tert-OH is 1. The number of hydrogen-bond acceptors (Lipinski definition) is 4. The maximum Gasteiger partial charge on any atom is 0.171 e. The average molecular weight is 292 g/mol. The van der Waals surface area contributed by atoms with Gasteiger partial charge in [-0.1, -0.05) is 42.5 Å². The van der Waals surface area contributed by atoms with Crippen LogP contribution in [0.1, 0.15) is 24.8 Å². The Labute approximate surface area is 126 Å². The first-order chi connectivity index (χ1) is 10.3. The van der Waals surface area contributed by atoms with Crippen molar-refractivity contribution >= 4 is 0 Å². The molecular weight excluding hydrogens is 268 g/mol. The second kappa shape index (κ2) is 8.95. The molecule has 4 heteroatoms. The molecule has 0 aliphatic carbocycles. The van der Waals surface area contributed by atoms with Gasteiger partial charge in [0, 0.05) is 19.4 Å². The quantitative estimate of drug-likeness (QED) is 0.561. The van der Waals surface area contributed by atoms with Gasteiger partial charge in [0.25, 0.3) is 0 Å². The van der Waals surface area contributed by atoms with Crippen molar-refractivity contribution in [3.63, 3.8) is 0 Å². The lowest BCUT2D eigenvalue weighted by atomic mass is 10.1. The van der Waals surface area contributed by atoms with Gasteiger partial charge in [-0.3, -0.25) is 0 Å². The molecule has 1 N–H and O–H groups in total. The number of hydrogen-bond donors (Lipinski definition) is 1. The minimum atomic E-state index is -0.526. The average Bonchev–Trinajstić information content (AvgIpc) is 2.97. The molecule has 2 rings (SSSR count). The summed E-state index contributed by atoms with van der Waals surface area (Å²) in [6, 6.07) is 10.2. The van der Waals surface area contributed by atoms with Crippen molar-refractivity contribution in [2.24, 2.45) is 0 Å². The second-order valence-electron chi connectivity index (χ2n) is 5.11. The zero-order valence-electron chi connectivity index (χ0n) is 12.4. The summed E-state index contributed by atoms with van der Waals surface area (Å²) >= 11 is 0. The number of ether oxygens (including phenoxy) is 3. The van der Waals surface area contributed by atoms with Gasteiger partial charge < -0.3 is 19.3 Å². The maximum absolute atomic E-state index is 8.79. The van der Waals surface area contributed by atoms with Crippen LogP contribution in [0.15, 0.2) is 42.5 Å². The highest BCUT2D eigenvalue weighted by atomic mass is 16.7. The minimum Gasteiger partial charge on any atom is -0.392 e. The third-order valence-electron chi connectivity index (χ3n) is 3.47. The van der Waals surface area contributed by atoms with Gasteiger partial charge in [-0.05, 0) is 12.0 Å². The van der Waals surface area contributed by atoms with Crippen molar-refractivity contribution in [1.29, 1.82) is 0 Å².